The van der Waals surface area contributed by atoms with Crippen LogP contribution < -0.4 is 10.1 Å². The number of imidazole rings is 1. The average molecular weight is 415 g/mol. The third kappa shape index (κ3) is 4.91. The van der Waals surface area contributed by atoms with Crippen molar-refractivity contribution in [1.29, 1.82) is 0 Å². The van der Waals surface area contributed by atoms with Crippen molar-refractivity contribution in [3.05, 3.63) is 89.9 Å². The summed E-state index contributed by atoms with van der Waals surface area (Å²) in [4.78, 5) is 21.8. The van der Waals surface area contributed by atoms with Gasteiger partial charge in [0.15, 0.2) is 5.65 Å². The van der Waals surface area contributed by atoms with Gasteiger partial charge < -0.3 is 14.6 Å². The van der Waals surface area contributed by atoms with Crippen LogP contribution in [0, 0.1) is 0 Å². The molecule has 0 bridgehead atoms. The lowest BCUT2D eigenvalue weighted by molar-refractivity contribution is -0.121. The number of ether oxygens (including phenoxy) is 1. The fourth-order valence-corrected chi connectivity index (χ4v) is 3.64. The van der Waals surface area contributed by atoms with E-state index in [0.717, 1.165) is 33.9 Å². The van der Waals surface area contributed by atoms with Crippen molar-refractivity contribution < 1.29 is 9.53 Å². The SMILES string of the molecule is COc1ccc(Cn2c(CCC(=O)NC(C)c3ccccc3)nc3cccnc32)cc1. The minimum Gasteiger partial charge on any atom is -0.497 e. The number of fused-ring (bicyclic) bond motifs is 1. The Hall–Kier alpha value is -3.67. The summed E-state index contributed by atoms with van der Waals surface area (Å²) in [5.41, 5.74) is 3.87. The van der Waals surface area contributed by atoms with Crippen molar-refractivity contribution in [3.63, 3.8) is 0 Å². The monoisotopic (exact) mass is 414 g/mol. The molecule has 0 fully saturated rings. The van der Waals surface area contributed by atoms with E-state index in [-0.39, 0.29) is 11.9 Å². The van der Waals surface area contributed by atoms with E-state index in [1.165, 1.54) is 0 Å². The van der Waals surface area contributed by atoms with Crippen LogP contribution in [-0.2, 0) is 17.8 Å². The number of nitrogens with one attached hydrogen (secondary N) is 1. The fraction of sp³-hybridized carbons (Fsp3) is 0.240. The summed E-state index contributed by atoms with van der Waals surface area (Å²) in [6.07, 6.45) is 2.68. The number of aromatic nitrogens is 3. The van der Waals surface area contributed by atoms with Gasteiger partial charge in [0, 0.05) is 19.0 Å². The summed E-state index contributed by atoms with van der Waals surface area (Å²) in [6, 6.07) is 21.7. The molecule has 2 heterocycles. The van der Waals surface area contributed by atoms with Crippen LogP contribution >= 0.6 is 0 Å². The molecule has 1 atom stereocenters. The lowest BCUT2D eigenvalue weighted by atomic mass is 10.1. The zero-order chi connectivity index (χ0) is 21.6. The van der Waals surface area contributed by atoms with Gasteiger partial charge in [-0.1, -0.05) is 42.5 Å². The van der Waals surface area contributed by atoms with E-state index in [1.54, 1.807) is 13.3 Å². The van der Waals surface area contributed by atoms with Gasteiger partial charge in [0.2, 0.25) is 5.91 Å². The van der Waals surface area contributed by atoms with Crippen LogP contribution in [0.1, 0.15) is 36.3 Å². The van der Waals surface area contributed by atoms with E-state index in [2.05, 4.69) is 14.9 Å². The highest BCUT2D eigenvalue weighted by Crippen LogP contribution is 2.19. The summed E-state index contributed by atoms with van der Waals surface area (Å²) in [5, 5.41) is 3.08. The Kier molecular flexibility index (Phi) is 6.26. The van der Waals surface area contributed by atoms with E-state index in [1.807, 2.05) is 73.7 Å². The second-order valence-electron chi connectivity index (χ2n) is 7.51. The zero-order valence-corrected chi connectivity index (χ0v) is 17.8. The number of aryl methyl sites for hydroxylation is 1. The van der Waals surface area contributed by atoms with Crippen LogP contribution in [0.5, 0.6) is 5.75 Å². The lowest BCUT2D eigenvalue weighted by Crippen LogP contribution is -2.27. The molecular formula is C25H26N4O2. The molecule has 0 aliphatic heterocycles. The quantitative estimate of drug-likeness (QED) is 0.467. The number of benzene rings is 2. The zero-order valence-electron chi connectivity index (χ0n) is 17.8. The average Bonchev–Trinajstić information content (AvgIpc) is 3.16. The number of methoxy groups -OCH3 is 1. The molecule has 0 aliphatic carbocycles. The van der Waals surface area contributed by atoms with Crippen LogP contribution in [0.25, 0.3) is 11.2 Å². The second kappa shape index (κ2) is 9.43. The number of amides is 1. The molecule has 4 rings (SSSR count). The molecule has 0 aliphatic rings. The predicted octanol–water partition coefficient (Wildman–Crippen LogP) is 4.30. The molecule has 1 amide bonds. The highest BCUT2D eigenvalue weighted by atomic mass is 16.5. The van der Waals surface area contributed by atoms with Crippen LogP contribution in [0.2, 0.25) is 0 Å². The second-order valence-corrected chi connectivity index (χ2v) is 7.51. The highest BCUT2D eigenvalue weighted by molar-refractivity contribution is 5.77. The molecule has 6 nitrogen and oxygen atoms in total. The van der Waals surface area contributed by atoms with E-state index in [9.17, 15) is 4.79 Å². The molecule has 0 saturated heterocycles. The summed E-state index contributed by atoms with van der Waals surface area (Å²) < 4.78 is 7.34. The minimum atomic E-state index is -0.0338. The number of hydrogen-bond acceptors (Lipinski definition) is 4. The Morgan fingerprint density at radius 1 is 1.06 bits per heavy atom. The van der Waals surface area contributed by atoms with E-state index in [4.69, 9.17) is 9.72 Å². The topological polar surface area (TPSA) is 69.0 Å². The van der Waals surface area contributed by atoms with E-state index < -0.39 is 0 Å². The predicted molar refractivity (Wildman–Crippen MR) is 121 cm³/mol. The van der Waals surface area contributed by atoms with E-state index >= 15 is 0 Å². The molecule has 2 aromatic heterocycles. The highest BCUT2D eigenvalue weighted by Gasteiger charge is 2.15. The number of nitrogens with zero attached hydrogens (tertiary/aromatic N) is 3. The first-order valence-corrected chi connectivity index (χ1v) is 10.4. The maximum Gasteiger partial charge on any atom is 0.220 e. The maximum atomic E-state index is 12.6. The number of hydrogen-bond donors (Lipinski definition) is 1. The van der Waals surface area contributed by atoms with Crippen molar-refractivity contribution in [3.8, 4) is 5.75 Å². The van der Waals surface area contributed by atoms with Gasteiger partial charge in [0.05, 0.1) is 19.7 Å². The molecule has 0 radical (unpaired) electrons. The summed E-state index contributed by atoms with van der Waals surface area (Å²) >= 11 is 0. The molecule has 2 aromatic carbocycles. The number of rotatable bonds is 8. The molecular weight excluding hydrogens is 388 g/mol. The minimum absolute atomic E-state index is 0.00682. The maximum absolute atomic E-state index is 12.6. The van der Waals surface area contributed by atoms with Gasteiger partial charge in [0.25, 0.3) is 0 Å². The normalized spacial score (nSPS) is 11.9. The van der Waals surface area contributed by atoms with Crippen molar-refractivity contribution >= 4 is 17.1 Å². The number of pyridine rings is 1. The van der Waals surface area contributed by atoms with Gasteiger partial charge in [0.1, 0.15) is 17.1 Å². The molecule has 1 unspecified atom stereocenters. The van der Waals surface area contributed by atoms with Gasteiger partial charge in [-0.2, -0.15) is 0 Å². The molecule has 158 valence electrons. The molecule has 6 heteroatoms. The molecule has 0 spiro atoms. The van der Waals surface area contributed by atoms with Crippen molar-refractivity contribution in [2.24, 2.45) is 0 Å². The van der Waals surface area contributed by atoms with Gasteiger partial charge in [-0.25, -0.2) is 9.97 Å². The van der Waals surface area contributed by atoms with Crippen molar-refractivity contribution in [2.45, 2.75) is 32.4 Å². The van der Waals surface area contributed by atoms with Gasteiger partial charge >= 0.3 is 0 Å². The fourth-order valence-electron chi connectivity index (χ4n) is 3.64. The smallest absolute Gasteiger partial charge is 0.220 e. The van der Waals surface area contributed by atoms with Crippen LogP contribution in [0.4, 0.5) is 0 Å². The van der Waals surface area contributed by atoms with Crippen LogP contribution in [0.15, 0.2) is 72.9 Å². The first-order valence-electron chi connectivity index (χ1n) is 10.4. The molecule has 1 N–H and O–H groups in total. The number of carbonyl (C=O) groups is 1. The lowest BCUT2D eigenvalue weighted by Gasteiger charge is -2.14. The first kappa shape index (κ1) is 20.6. The van der Waals surface area contributed by atoms with Crippen LogP contribution in [0.3, 0.4) is 0 Å². The van der Waals surface area contributed by atoms with Crippen molar-refractivity contribution in [2.75, 3.05) is 7.11 Å². The molecule has 4 aromatic rings. The van der Waals surface area contributed by atoms with Gasteiger partial charge in [-0.05, 0) is 42.3 Å². The Balaban J connectivity index is 1.49. The molecule has 0 saturated carbocycles. The summed E-state index contributed by atoms with van der Waals surface area (Å²) in [6.45, 7) is 2.63. The Bertz CT molecular complexity index is 1150. The Labute approximate surface area is 181 Å². The largest absolute Gasteiger partial charge is 0.497 e. The van der Waals surface area contributed by atoms with Gasteiger partial charge in [-0.15, -0.1) is 0 Å². The Morgan fingerprint density at radius 3 is 2.58 bits per heavy atom. The van der Waals surface area contributed by atoms with Gasteiger partial charge in [-0.3, -0.25) is 4.79 Å². The summed E-state index contributed by atoms with van der Waals surface area (Å²) in [5.74, 6) is 1.68. The Morgan fingerprint density at radius 2 is 1.84 bits per heavy atom. The standard InChI is InChI=1S/C25H26N4O2/c1-18(20-7-4-3-5-8-20)27-24(30)15-14-23-28-22-9-6-16-26-25(22)29(23)17-19-10-12-21(31-2)13-11-19/h3-13,16,18H,14-15,17H2,1-2H3,(H,27,30). The van der Waals surface area contributed by atoms with E-state index in [0.29, 0.717) is 19.4 Å². The molecule has 31 heavy (non-hydrogen) atoms. The third-order valence-corrected chi connectivity index (χ3v) is 5.34. The first-order chi connectivity index (χ1) is 15.1. The van der Waals surface area contributed by atoms with Crippen molar-refractivity contribution in [1.82, 2.24) is 19.9 Å². The number of carbonyl (C=O) groups excluding carboxylic acids is 1. The summed E-state index contributed by atoms with van der Waals surface area (Å²) in [7, 11) is 1.66. The van der Waals surface area contributed by atoms with Crippen LogP contribution in [-0.4, -0.2) is 27.6 Å². The third-order valence-electron chi connectivity index (χ3n) is 5.34.